The summed E-state index contributed by atoms with van der Waals surface area (Å²) in [6.07, 6.45) is 9.44. The fourth-order valence-electron chi connectivity index (χ4n) is 3.80. The first-order valence-electron chi connectivity index (χ1n) is 8.57. The number of hydrogen-bond donors (Lipinski definition) is 1. The molecule has 1 aliphatic rings. The Morgan fingerprint density at radius 3 is 2.62 bits per heavy atom. The molecule has 2 nitrogen and oxygen atoms in total. The van der Waals surface area contributed by atoms with Gasteiger partial charge in [0.1, 0.15) is 5.75 Å². The lowest BCUT2D eigenvalue weighted by molar-refractivity contribution is 0.207. The Bertz CT molecular complexity index is 401. The van der Waals surface area contributed by atoms with Crippen molar-refractivity contribution in [1.82, 2.24) is 5.32 Å². The first kappa shape index (κ1) is 16.4. The molecule has 1 aromatic carbocycles. The van der Waals surface area contributed by atoms with Crippen LogP contribution in [0.25, 0.3) is 0 Å². The van der Waals surface area contributed by atoms with Gasteiger partial charge in [0.05, 0.1) is 7.11 Å². The zero-order chi connectivity index (χ0) is 15.1. The molecule has 3 atom stereocenters. The van der Waals surface area contributed by atoms with Crippen LogP contribution in [-0.4, -0.2) is 20.2 Å². The molecule has 0 bridgehead atoms. The van der Waals surface area contributed by atoms with Gasteiger partial charge in [0.2, 0.25) is 0 Å². The van der Waals surface area contributed by atoms with Crippen LogP contribution in [0.5, 0.6) is 5.75 Å². The topological polar surface area (TPSA) is 21.3 Å². The predicted octanol–water partition coefficient (Wildman–Crippen LogP) is 4.43. The van der Waals surface area contributed by atoms with Crippen molar-refractivity contribution >= 4 is 0 Å². The minimum absolute atomic E-state index is 0.668. The van der Waals surface area contributed by atoms with E-state index in [4.69, 9.17) is 4.74 Å². The van der Waals surface area contributed by atoms with Gasteiger partial charge in [-0.3, -0.25) is 0 Å². The van der Waals surface area contributed by atoms with Crippen LogP contribution in [0.2, 0.25) is 0 Å². The summed E-state index contributed by atoms with van der Waals surface area (Å²) in [6, 6.07) is 9.19. The third-order valence-electron chi connectivity index (χ3n) is 5.24. The molecule has 1 aliphatic carbocycles. The summed E-state index contributed by atoms with van der Waals surface area (Å²) in [7, 11) is 3.85. The molecule has 0 radical (unpaired) electrons. The second-order valence-electron chi connectivity index (χ2n) is 6.48. The highest BCUT2D eigenvalue weighted by Crippen LogP contribution is 2.34. The lowest BCUT2D eigenvalue weighted by Crippen LogP contribution is -2.36. The smallest absolute Gasteiger partial charge is 0.118 e. The Morgan fingerprint density at radius 2 is 2.00 bits per heavy atom. The number of aryl methyl sites for hydroxylation is 1. The molecule has 0 spiro atoms. The van der Waals surface area contributed by atoms with Crippen LogP contribution in [0.1, 0.15) is 51.0 Å². The van der Waals surface area contributed by atoms with Gasteiger partial charge in [0.25, 0.3) is 0 Å². The van der Waals surface area contributed by atoms with Gasteiger partial charge in [-0.25, -0.2) is 0 Å². The maximum absolute atomic E-state index is 5.22. The second kappa shape index (κ2) is 8.43. The lowest BCUT2D eigenvalue weighted by atomic mass is 9.75. The zero-order valence-corrected chi connectivity index (χ0v) is 13.9. The highest BCUT2D eigenvalue weighted by atomic mass is 16.5. The molecule has 0 heterocycles. The van der Waals surface area contributed by atoms with Crippen LogP contribution >= 0.6 is 0 Å². The number of methoxy groups -OCH3 is 1. The Hall–Kier alpha value is -1.02. The van der Waals surface area contributed by atoms with E-state index in [1.54, 1.807) is 7.11 Å². The molecule has 2 heteroatoms. The van der Waals surface area contributed by atoms with E-state index in [9.17, 15) is 0 Å². The van der Waals surface area contributed by atoms with E-state index >= 15 is 0 Å². The summed E-state index contributed by atoms with van der Waals surface area (Å²) < 4.78 is 5.22. The fourth-order valence-corrected chi connectivity index (χ4v) is 3.80. The van der Waals surface area contributed by atoms with E-state index in [1.165, 1.54) is 44.1 Å². The van der Waals surface area contributed by atoms with Crippen LogP contribution < -0.4 is 10.1 Å². The van der Waals surface area contributed by atoms with Gasteiger partial charge >= 0.3 is 0 Å². The Morgan fingerprint density at radius 1 is 1.24 bits per heavy atom. The molecule has 118 valence electrons. The normalized spacial score (nSPS) is 23.8. The molecule has 0 saturated heterocycles. The van der Waals surface area contributed by atoms with E-state index in [0.717, 1.165) is 24.0 Å². The molecule has 0 aliphatic heterocycles. The summed E-state index contributed by atoms with van der Waals surface area (Å²) in [5, 5.41) is 3.58. The lowest BCUT2D eigenvalue weighted by Gasteiger charge is -2.34. The third kappa shape index (κ3) is 4.74. The van der Waals surface area contributed by atoms with E-state index in [0.29, 0.717) is 6.04 Å². The number of hydrogen-bond acceptors (Lipinski definition) is 2. The van der Waals surface area contributed by atoms with Crippen LogP contribution in [0.4, 0.5) is 0 Å². The largest absolute Gasteiger partial charge is 0.497 e. The molecule has 3 unspecified atom stereocenters. The van der Waals surface area contributed by atoms with Gasteiger partial charge in [-0.15, -0.1) is 0 Å². The Kier molecular flexibility index (Phi) is 6.56. The van der Waals surface area contributed by atoms with Gasteiger partial charge in [-0.2, -0.15) is 0 Å². The third-order valence-corrected chi connectivity index (χ3v) is 5.24. The van der Waals surface area contributed by atoms with E-state index in [1.807, 2.05) is 0 Å². The van der Waals surface area contributed by atoms with Crippen molar-refractivity contribution in [2.75, 3.05) is 14.2 Å². The van der Waals surface area contributed by atoms with Crippen molar-refractivity contribution in [2.24, 2.45) is 11.8 Å². The summed E-state index contributed by atoms with van der Waals surface area (Å²) in [4.78, 5) is 0. The molecule has 2 rings (SSSR count). The molecule has 1 N–H and O–H groups in total. The van der Waals surface area contributed by atoms with Crippen molar-refractivity contribution in [1.29, 1.82) is 0 Å². The number of benzene rings is 1. The maximum atomic E-state index is 5.22. The minimum atomic E-state index is 0.668. The van der Waals surface area contributed by atoms with Crippen molar-refractivity contribution in [3.8, 4) is 5.75 Å². The first-order valence-corrected chi connectivity index (χ1v) is 8.57. The van der Waals surface area contributed by atoms with Crippen LogP contribution in [0.3, 0.4) is 0 Å². The standard InChI is InChI=1S/C19H31NO/c1-4-15-6-5-7-17(14-15)19(20-2)13-10-16-8-11-18(21-3)12-9-16/h8-9,11-12,15,17,19-20H,4-7,10,13-14H2,1-3H3. The molecule has 0 amide bonds. The second-order valence-corrected chi connectivity index (χ2v) is 6.48. The van der Waals surface area contributed by atoms with Gasteiger partial charge in [0.15, 0.2) is 0 Å². The van der Waals surface area contributed by atoms with Gasteiger partial charge in [0, 0.05) is 6.04 Å². The molecular formula is C19H31NO. The molecule has 21 heavy (non-hydrogen) atoms. The highest BCUT2D eigenvalue weighted by molar-refractivity contribution is 5.27. The van der Waals surface area contributed by atoms with Crippen LogP contribution in [0, 0.1) is 11.8 Å². The number of ether oxygens (including phenoxy) is 1. The molecular weight excluding hydrogens is 258 g/mol. The molecule has 0 aromatic heterocycles. The quantitative estimate of drug-likeness (QED) is 0.801. The van der Waals surface area contributed by atoms with Crippen LogP contribution in [-0.2, 0) is 6.42 Å². The predicted molar refractivity (Wildman–Crippen MR) is 89.9 cm³/mol. The Labute approximate surface area is 130 Å². The van der Waals surface area contributed by atoms with E-state index in [-0.39, 0.29) is 0 Å². The number of nitrogens with one attached hydrogen (secondary N) is 1. The van der Waals surface area contributed by atoms with E-state index < -0.39 is 0 Å². The van der Waals surface area contributed by atoms with Crippen molar-refractivity contribution < 1.29 is 4.74 Å². The first-order chi connectivity index (χ1) is 10.3. The summed E-state index contributed by atoms with van der Waals surface area (Å²) in [6.45, 7) is 2.35. The number of rotatable bonds is 7. The summed E-state index contributed by atoms with van der Waals surface area (Å²) in [5.74, 6) is 2.77. The highest BCUT2D eigenvalue weighted by Gasteiger charge is 2.26. The minimum Gasteiger partial charge on any atom is -0.497 e. The van der Waals surface area contributed by atoms with Crippen LogP contribution in [0.15, 0.2) is 24.3 Å². The fraction of sp³-hybridized carbons (Fsp3) is 0.684. The Balaban J connectivity index is 1.86. The summed E-state index contributed by atoms with van der Waals surface area (Å²) in [5.41, 5.74) is 1.42. The van der Waals surface area contributed by atoms with Gasteiger partial charge in [-0.05, 0) is 62.3 Å². The average molecular weight is 289 g/mol. The zero-order valence-electron chi connectivity index (χ0n) is 13.9. The van der Waals surface area contributed by atoms with Crippen molar-refractivity contribution in [3.63, 3.8) is 0 Å². The molecule has 1 fully saturated rings. The molecule has 1 saturated carbocycles. The average Bonchev–Trinajstić information content (AvgIpc) is 2.56. The van der Waals surface area contributed by atoms with Crippen molar-refractivity contribution in [3.05, 3.63) is 29.8 Å². The van der Waals surface area contributed by atoms with E-state index in [2.05, 4.69) is 43.6 Å². The SMILES string of the molecule is CCC1CCCC(C(CCc2ccc(OC)cc2)NC)C1. The summed E-state index contributed by atoms with van der Waals surface area (Å²) >= 11 is 0. The van der Waals surface area contributed by atoms with Crippen molar-refractivity contribution in [2.45, 2.75) is 57.9 Å². The molecule has 1 aromatic rings. The van der Waals surface area contributed by atoms with Gasteiger partial charge in [-0.1, -0.05) is 38.3 Å². The monoisotopic (exact) mass is 289 g/mol. The maximum Gasteiger partial charge on any atom is 0.118 e. The van der Waals surface area contributed by atoms with Gasteiger partial charge < -0.3 is 10.1 Å².